The lowest BCUT2D eigenvalue weighted by atomic mass is 9.83. The van der Waals surface area contributed by atoms with Crippen molar-refractivity contribution < 1.29 is 13.5 Å². The second-order valence-corrected chi connectivity index (χ2v) is 11.2. The molecule has 0 aliphatic carbocycles. The molecule has 8 heteroatoms. The van der Waals surface area contributed by atoms with Gasteiger partial charge in [-0.15, -0.1) is 11.3 Å². The van der Waals surface area contributed by atoms with Crippen molar-refractivity contribution in [1.29, 1.82) is 0 Å². The minimum absolute atomic E-state index is 0.379. The van der Waals surface area contributed by atoms with Gasteiger partial charge in [0.05, 0.1) is 5.60 Å². The first kappa shape index (κ1) is 20.3. The number of hydrogen-bond acceptors (Lipinski definition) is 5. The summed E-state index contributed by atoms with van der Waals surface area (Å²) in [6, 6.07) is 11.3. The zero-order chi connectivity index (χ0) is 19.8. The summed E-state index contributed by atoms with van der Waals surface area (Å²) < 4.78 is 27.4. The third-order valence-electron chi connectivity index (χ3n) is 6.04. The van der Waals surface area contributed by atoms with Gasteiger partial charge < -0.3 is 10.0 Å². The zero-order valence-corrected chi connectivity index (χ0v) is 18.0. The predicted molar refractivity (Wildman–Crippen MR) is 112 cm³/mol. The van der Waals surface area contributed by atoms with Crippen LogP contribution in [0.3, 0.4) is 0 Å². The van der Waals surface area contributed by atoms with E-state index in [2.05, 4.69) is 4.90 Å². The first-order valence-corrected chi connectivity index (χ1v) is 12.3. The van der Waals surface area contributed by atoms with Gasteiger partial charge in [-0.05, 0) is 54.8 Å². The molecule has 0 unspecified atom stereocenters. The van der Waals surface area contributed by atoms with E-state index in [1.807, 2.05) is 24.3 Å². The van der Waals surface area contributed by atoms with Crippen LogP contribution >= 0.6 is 22.9 Å². The molecule has 2 aromatic rings. The topological polar surface area (TPSA) is 60.9 Å². The smallest absolute Gasteiger partial charge is 0.252 e. The lowest BCUT2D eigenvalue weighted by molar-refractivity contribution is -0.0400. The number of hydrogen-bond donors (Lipinski definition) is 1. The SMILES string of the molecule is O=S(=O)(c1cccs1)N1CCC(N2CCC(O)(c3ccc(Cl)cc3)CC2)CC1. The van der Waals surface area contributed by atoms with Crippen LogP contribution < -0.4 is 0 Å². The number of halogens is 1. The maximum Gasteiger partial charge on any atom is 0.252 e. The van der Waals surface area contributed by atoms with Crippen LogP contribution in [-0.4, -0.2) is 55.0 Å². The maximum absolute atomic E-state index is 12.7. The fraction of sp³-hybridized carbons (Fsp3) is 0.500. The normalized spacial score (nSPS) is 22.4. The summed E-state index contributed by atoms with van der Waals surface area (Å²) in [5.74, 6) is 0. The summed E-state index contributed by atoms with van der Waals surface area (Å²) in [6.07, 6.45) is 3.04. The standard InChI is InChI=1S/C20H25ClN2O3S2/c21-17-5-3-16(4-6-17)20(24)9-13-22(14-10-20)18-7-11-23(12-8-18)28(25,26)19-2-1-15-27-19/h1-6,15,18,24H,7-14H2. The van der Waals surface area contributed by atoms with Crippen LogP contribution in [0.5, 0.6) is 0 Å². The van der Waals surface area contributed by atoms with Gasteiger partial charge in [0.1, 0.15) is 4.21 Å². The van der Waals surface area contributed by atoms with Gasteiger partial charge in [0.2, 0.25) is 0 Å². The fourth-order valence-corrected chi connectivity index (χ4v) is 7.03. The highest BCUT2D eigenvalue weighted by Gasteiger charge is 2.38. The summed E-state index contributed by atoms with van der Waals surface area (Å²) in [5, 5.41) is 13.5. The first-order valence-electron chi connectivity index (χ1n) is 9.65. The van der Waals surface area contributed by atoms with Crippen molar-refractivity contribution in [3.8, 4) is 0 Å². The molecule has 0 radical (unpaired) electrons. The van der Waals surface area contributed by atoms with Crippen molar-refractivity contribution >= 4 is 33.0 Å². The predicted octanol–water partition coefficient (Wildman–Crippen LogP) is 3.54. The quantitative estimate of drug-likeness (QED) is 0.789. The Morgan fingerprint density at radius 3 is 2.25 bits per heavy atom. The number of likely N-dealkylation sites (tertiary alicyclic amines) is 1. The van der Waals surface area contributed by atoms with E-state index in [1.54, 1.807) is 21.8 Å². The molecule has 4 rings (SSSR count). The molecule has 1 aromatic carbocycles. The molecule has 0 saturated carbocycles. The van der Waals surface area contributed by atoms with Crippen LogP contribution in [0.2, 0.25) is 5.02 Å². The van der Waals surface area contributed by atoms with E-state index < -0.39 is 15.6 Å². The minimum Gasteiger partial charge on any atom is -0.385 e. The summed E-state index contributed by atoms with van der Waals surface area (Å²) in [6.45, 7) is 2.76. The van der Waals surface area contributed by atoms with Crippen LogP contribution in [0.1, 0.15) is 31.2 Å². The van der Waals surface area contributed by atoms with Crippen LogP contribution in [0, 0.1) is 0 Å². The Morgan fingerprint density at radius 2 is 1.68 bits per heavy atom. The molecule has 0 atom stereocenters. The van der Waals surface area contributed by atoms with E-state index in [4.69, 9.17) is 11.6 Å². The van der Waals surface area contributed by atoms with Crippen LogP contribution in [0.15, 0.2) is 46.0 Å². The third-order valence-corrected chi connectivity index (χ3v) is 9.56. The minimum atomic E-state index is -3.35. The Bertz CT molecular complexity index is 884. The van der Waals surface area contributed by atoms with Crippen LogP contribution in [0.25, 0.3) is 0 Å². The highest BCUT2D eigenvalue weighted by molar-refractivity contribution is 7.91. The van der Waals surface area contributed by atoms with Gasteiger partial charge in [-0.2, -0.15) is 4.31 Å². The Balaban J connectivity index is 1.34. The molecule has 1 aromatic heterocycles. The average molecular weight is 441 g/mol. The summed E-state index contributed by atoms with van der Waals surface area (Å²) >= 11 is 7.24. The van der Waals surface area contributed by atoms with Gasteiger partial charge in [-0.1, -0.05) is 29.8 Å². The largest absolute Gasteiger partial charge is 0.385 e. The van der Waals surface area contributed by atoms with Gasteiger partial charge >= 0.3 is 0 Å². The lowest BCUT2D eigenvalue weighted by Gasteiger charge is -2.44. The third kappa shape index (κ3) is 4.01. The molecule has 3 heterocycles. The molecule has 2 saturated heterocycles. The summed E-state index contributed by atoms with van der Waals surface area (Å²) in [5.41, 5.74) is 0.123. The number of benzene rings is 1. The van der Waals surface area contributed by atoms with Gasteiger partial charge in [0.25, 0.3) is 10.0 Å². The van der Waals surface area contributed by atoms with E-state index in [-0.39, 0.29) is 0 Å². The Kier molecular flexibility index (Phi) is 5.84. The van der Waals surface area contributed by atoms with Crippen molar-refractivity contribution in [2.75, 3.05) is 26.2 Å². The van der Waals surface area contributed by atoms with Crippen molar-refractivity contribution in [2.45, 2.75) is 41.5 Å². The highest BCUT2D eigenvalue weighted by Crippen LogP contribution is 2.35. The van der Waals surface area contributed by atoms with Gasteiger partial charge in [0.15, 0.2) is 0 Å². The molecular weight excluding hydrogens is 416 g/mol. The first-order chi connectivity index (χ1) is 13.4. The van der Waals surface area contributed by atoms with Crippen LogP contribution in [-0.2, 0) is 15.6 Å². The molecular formula is C20H25ClN2O3S2. The molecule has 28 heavy (non-hydrogen) atoms. The lowest BCUT2D eigenvalue weighted by Crippen LogP contribution is -2.51. The molecule has 5 nitrogen and oxygen atoms in total. The van der Waals surface area contributed by atoms with Gasteiger partial charge in [-0.25, -0.2) is 8.42 Å². The molecule has 2 aliphatic rings. The molecule has 0 amide bonds. The molecule has 1 N–H and O–H groups in total. The molecule has 0 spiro atoms. The number of sulfonamides is 1. The van der Waals surface area contributed by atoms with E-state index >= 15 is 0 Å². The Hall–Kier alpha value is -0.960. The van der Waals surface area contributed by atoms with Crippen LogP contribution in [0.4, 0.5) is 0 Å². The number of nitrogens with zero attached hydrogens (tertiary/aromatic N) is 2. The fourth-order valence-electron chi connectivity index (χ4n) is 4.29. The molecule has 2 aliphatic heterocycles. The molecule has 2 fully saturated rings. The molecule has 0 bridgehead atoms. The number of piperidine rings is 2. The second-order valence-electron chi connectivity index (χ2n) is 7.64. The average Bonchev–Trinajstić information content (AvgIpc) is 3.25. The van der Waals surface area contributed by atoms with Gasteiger partial charge in [-0.3, -0.25) is 0 Å². The highest BCUT2D eigenvalue weighted by atomic mass is 35.5. The monoisotopic (exact) mass is 440 g/mol. The number of thiophene rings is 1. The van der Waals surface area contributed by atoms with E-state index in [0.29, 0.717) is 41.2 Å². The Labute approximate surface area is 175 Å². The number of aliphatic hydroxyl groups is 1. The second kappa shape index (κ2) is 8.05. The molecule has 152 valence electrons. The summed E-state index contributed by atoms with van der Waals surface area (Å²) in [4.78, 5) is 2.42. The van der Waals surface area contributed by atoms with Crippen molar-refractivity contribution in [3.05, 3.63) is 52.4 Å². The van der Waals surface area contributed by atoms with E-state index in [1.165, 1.54) is 11.3 Å². The summed E-state index contributed by atoms with van der Waals surface area (Å²) in [7, 11) is -3.35. The van der Waals surface area contributed by atoms with E-state index in [0.717, 1.165) is 31.5 Å². The Morgan fingerprint density at radius 1 is 1.04 bits per heavy atom. The van der Waals surface area contributed by atoms with Crippen molar-refractivity contribution in [1.82, 2.24) is 9.21 Å². The van der Waals surface area contributed by atoms with Gasteiger partial charge in [0, 0.05) is 37.2 Å². The number of rotatable bonds is 4. The maximum atomic E-state index is 12.7. The van der Waals surface area contributed by atoms with E-state index in [9.17, 15) is 13.5 Å². The van der Waals surface area contributed by atoms with Crippen molar-refractivity contribution in [3.63, 3.8) is 0 Å². The zero-order valence-electron chi connectivity index (χ0n) is 15.6. The van der Waals surface area contributed by atoms with Crippen molar-refractivity contribution in [2.24, 2.45) is 0 Å².